The normalized spacial score (nSPS) is 10.3. The molecule has 1 N–H and O–H groups in total. The molecule has 0 spiro atoms. The predicted octanol–water partition coefficient (Wildman–Crippen LogP) is 1.07. The molecular weight excluding hydrogens is 268 g/mol. The Morgan fingerprint density at radius 2 is 2.20 bits per heavy atom. The summed E-state index contributed by atoms with van der Waals surface area (Å²) in [5, 5.41) is 22.9. The molecule has 0 unspecified atom stereocenters. The average molecular weight is 278 g/mol. The van der Waals surface area contributed by atoms with Gasteiger partial charge < -0.3 is 9.47 Å². The third-order valence-electron chi connectivity index (χ3n) is 2.17. The number of hydrazone groups is 1. The zero-order chi connectivity index (χ0) is 15.1. The summed E-state index contributed by atoms with van der Waals surface area (Å²) in [6.45, 7) is 0. The van der Waals surface area contributed by atoms with Crippen LogP contribution in [0.1, 0.15) is 0 Å². The van der Waals surface area contributed by atoms with Gasteiger partial charge in [-0.15, -0.1) is 0 Å². The lowest BCUT2D eigenvalue weighted by molar-refractivity contribution is -0.384. The fourth-order valence-corrected chi connectivity index (χ4v) is 1.23. The lowest BCUT2D eigenvalue weighted by Gasteiger charge is -2.07. The zero-order valence-electron chi connectivity index (χ0n) is 10.6. The second-order valence-corrected chi connectivity index (χ2v) is 3.32. The van der Waals surface area contributed by atoms with Crippen LogP contribution in [-0.2, 0) is 9.53 Å². The van der Waals surface area contributed by atoms with E-state index in [4.69, 9.17) is 10.00 Å². The van der Waals surface area contributed by atoms with Crippen LogP contribution in [0.2, 0.25) is 0 Å². The van der Waals surface area contributed by atoms with Gasteiger partial charge >= 0.3 is 5.97 Å². The second-order valence-electron chi connectivity index (χ2n) is 3.32. The standard InChI is InChI=1S/C11H10N4O5/c1-19-10-4-3-7(15(17)18)5-8(10)13-14-9(6-12)11(16)20-2/h3-5,13H,1-2H3/b14-9-. The number of non-ortho nitro benzene ring substituents is 1. The largest absolute Gasteiger partial charge is 0.495 e. The highest BCUT2D eigenvalue weighted by Crippen LogP contribution is 2.28. The van der Waals surface area contributed by atoms with Crippen molar-refractivity contribution in [2.45, 2.75) is 0 Å². The highest BCUT2D eigenvalue weighted by atomic mass is 16.6. The SMILES string of the molecule is COC(=O)/C(C#N)=N\Nc1cc([N+](=O)[O-])ccc1OC. The van der Waals surface area contributed by atoms with Gasteiger partial charge in [0, 0.05) is 12.1 Å². The van der Waals surface area contributed by atoms with Gasteiger partial charge in [-0.25, -0.2) is 4.79 Å². The fraction of sp³-hybridized carbons (Fsp3) is 0.182. The molecule has 0 heterocycles. The van der Waals surface area contributed by atoms with Crippen LogP contribution in [0.25, 0.3) is 0 Å². The third kappa shape index (κ3) is 3.42. The van der Waals surface area contributed by atoms with Crippen LogP contribution in [0, 0.1) is 21.4 Å². The van der Waals surface area contributed by atoms with Crippen LogP contribution in [0.3, 0.4) is 0 Å². The van der Waals surface area contributed by atoms with E-state index >= 15 is 0 Å². The number of benzene rings is 1. The van der Waals surface area contributed by atoms with Crippen molar-refractivity contribution in [3.63, 3.8) is 0 Å². The zero-order valence-corrected chi connectivity index (χ0v) is 10.6. The summed E-state index contributed by atoms with van der Waals surface area (Å²) in [7, 11) is 2.46. The minimum atomic E-state index is -0.926. The number of carbonyl (C=O) groups excluding carboxylic acids is 1. The van der Waals surface area contributed by atoms with Gasteiger partial charge in [-0.2, -0.15) is 10.4 Å². The molecule has 1 aromatic carbocycles. The molecule has 0 aliphatic rings. The number of nitrogens with zero attached hydrogens (tertiary/aromatic N) is 3. The van der Waals surface area contributed by atoms with E-state index in [9.17, 15) is 14.9 Å². The molecule has 0 aromatic heterocycles. The first-order chi connectivity index (χ1) is 9.53. The molecule has 9 heteroatoms. The van der Waals surface area contributed by atoms with Crippen molar-refractivity contribution in [1.29, 1.82) is 5.26 Å². The summed E-state index contributed by atoms with van der Waals surface area (Å²) in [5.41, 5.74) is 1.78. The number of carbonyl (C=O) groups is 1. The quantitative estimate of drug-likeness (QED) is 0.369. The minimum absolute atomic E-state index is 0.137. The van der Waals surface area contributed by atoms with Crippen LogP contribution in [0.4, 0.5) is 11.4 Å². The van der Waals surface area contributed by atoms with Crippen molar-refractivity contribution < 1.29 is 19.2 Å². The Bertz CT molecular complexity index is 605. The topological polar surface area (TPSA) is 127 Å². The van der Waals surface area contributed by atoms with Gasteiger partial charge in [-0.05, 0) is 6.07 Å². The summed E-state index contributed by atoms with van der Waals surface area (Å²) in [5.74, 6) is -0.661. The molecule has 0 amide bonds. The number of nitrogens with one attached hydrogen (secondary N) is 1. The first kappa shape index (κ1) is 14.9. The van der Waals surface area contributed by atoms with E-state index < -0.39 is 16.6 Å². The Morgan fingerprint density at radius 3 is 2.70 bits per heavy atom. The first-order valence-corrected chi connectivity index (χ1v) is 5.18. The van der Waals surface area contributed by atoms with Gasteiger partial charge in [-0.3, -0.25) is 15.5 Å². The molecule has 0 aliphatic heterocycles. The fourth-order valence-electron chi connectivity index (χ4n) is 1.23. The first-order valence-electron chi connectivity index (χ1n) is 5.18. The van der Waals surface area contributed by atoms with Crippen molar-refractivity contribution in [1.82, 2.24) is 0 Å². The Labute approximate surface area is 113 Å². The number of esters is 1. The van der Waals surface area contributed by atoms with Gasteiger partial charge in [0.1, 0.15) is 17.5 Å². The Morgan fingerprint density at radius 1 is 1.50 bits per heavy atom. The second kappa shape index (κ2) is 6.69. The van der Waals surface area contributed by atoms with Crippen LogP contribution >= 0.6 is 0 Å². The average Bonchev–Trinajstić information content (AvgIpc) is 2.47. The number of nitro benzene ring substituents is 1. The van der Waals surface area contributed by atoms with Crippen molar-refractivity contribution >= 4 is 23.1 Å². The summed E-state index contributed by atoms with van der Waals surface area (Å²) >= 11 is 0. The van der Waals surface area contributed by atoms with Crippen LogP contribution < -0.4 is 10.2 Å². The van der Waals surface area contributed by atoms with Crippen molar-refractivity contribution in [3.8, 4) is 11.8 Å². The van der Waals surface area contributed by atoms with Gasteiger partial charge in [0.05, 0.1) is 19.1 Å². The molecule has 0 aliphatic carbocycles. The smallest absolute Gasteiger partial charge is 0.369 e. The molecule has 104 valence electrons. The van der Waals surface area contributed by atoms with Crippen LogP contribution in [-0.4, -0.2) is 30.8 Å². The van der Waals surface area contributed by atoms with E-state index in [1.807, 2.05) is 0 Å². The number of nitro groups is 1. The summed E-state index contributed by atoms with van der Waals surface area (Å²) < 4.78 is 9.32. The number of rotatable bonds is 5. The number of methoxy groups -OCH3 is 2. The highest BCUT2D eigenvalue weighted by Gasteiger charge is 2.13. The molecule has 1 aromatic rings. The molecule has 1 rings (SSSR count). The molecule has 9 nitrogen and oxygen atoms in total. The molecule has 20 heavy (non-hydrogen) atoms. The molecule has 0 saturated carbocycles. The number of nitriles is 1. The molecule has 0 saturated heterocycles. The molecule has 0 radical (unpaired) electrons. The molecule has 0 bridgehead atoms. The number of ether oxygens (including phenoxy) is 2. The van der Waals surface area contributed by atoms with Gasteiger partial charge in [-0.1, -0.05) is 0 Å². The Balaban J connectivity index is 3.10. The van der Waals surface area contributed by atoms with Crippen LogP contribution in [0.15, 0.2) is 23.3 Å². The van der Waals surface area contributed by atoms with Gasteiger partial charge in [0.25, 0.3) is 5.69 Å². The van der Waals surface area contributed by atoms with E-state index in [1.165, 1.54) is 25.3 Å². The molecule has 0 atom stereocenters. The van der Waals surface area contributed by atoms with Gasteiger partial charge in [0.15, 0.2) is 0 Å². The number of anilines is 1. The van der Waals surface area contributed by atoms with E-state index in [2.05, 4.69) is 15.3 Å². The maximum Gasteiger partial charge on any atom is 0.369 e. The monoisotopic (exact) mass is 278 g/mol. The summed E-state index contributed by atoms with van der Waals surface area (Å²) in [6.07, 6.45) is 0. The van der Waals surface area contributed by atoms with E-state index in [0.29, 0.717) is 0 Å². The Kier molecular flexibility index (Phi) is 4.99. The van der Waals surface area contributed by atoms with Crippen molar-refractivity contribution in [3.05, 3.63) is 28.3 Å². The maximum atomic E-state index is 11.1. The van der Waals surface area contributed by atoms with E-state index in [1.54, 1.807) is 0 Å². The Hall–Kier alpha value is -3.15. The summed E-state index contributed by atoms with van der Waals surface area (Å²) in [4.78, 5) is 21.2. The third-order valence-corrected chi connectivity index (χ3v) is 2.17. The minimum Gasteiger partial charge on any atom is -0.495 e. The lowest BCUT2D eigenvalue weighted by Crippen LogP contribution is -2.15. The van der Waals surface area contributed by atoms with Crippen molar-refractivity contribution in [2.75, 3.05) is 19.6 Å². The number of hydrogen-bond acceptors (Lipinski definition) is 8. The summed E-state index contributed by atoms with van der Waals surface area (Å²) in [6, 6.07) is 5.31. The maximum absolute atomic E-state index is 11.1. The number of hydrogen-bond donors (Lipinski definition) is 1. The van der Waals surface area contributed by atoms with E-state index in [0.717, 1.165) is 13.2 Å². The predicted molar refractivity (Wildman–Crippen MR) is 68.3 cm³/mol. The van der Waals surface area contributed by atoms with Gasteiger partial charge in [0.2, 0.25) is 5.71 Å². The lowest BCUT2D eigenvalue weighted by atomic mass is 10.2. The van der Waals surface area contributed by atoms with Crippen molar-refractivity contribution in [2.24, 2.45) is 5.10 Å². The molecule has 0 fully saturated rings. The van der Waals surface area contributed by atoms with Crippen LogP contribution in [0.5, 0.6) is 5.75 Å². The highest BCUT2D eigenvalue weighted by molar-refractivity contribution is 6.43. The van der Waals surface area contributed by atoms with E-state index in [-0.39, 0.29) is 17.1 Å². The molecular formula is C11H10N4O5.